The number of nitrogens with zero attached hydrogens (tertiary/aromatic N) is 1. The lowest BCUT2D eigenvalue weighted by molar-refractivity contribution is -0.384. The summed E-state index contributed by atoms with van der Waals surface area (Å²) in [6, 6.07) is 10.7. The molecule has 6 nitrogen and oxygen atoms in total. The number of nitro benzene ring substituents is 1. The molecule has 0 spiro atoms. The van der Waals surface area contributed by atoms with Gasteiger partial charge in [0.2, 0.25) is 0 Å². The van der Waals surface area contributed by atoms with Crippen LogP contribution in [-0.2, 0) is 11.2 Å². The maximum Gasteiger partial charge on any atom is 0.315 e. The largest absolute Gasteiger partial charge is 0.496 e. The molecule has 2 aromatic rings. The molecule has 0 aromatic heterocycles. The number of benzene rings is 2. The van der Waals surface area contributed by atoms with Crippen molar-refractivity contribution >= 4 is 23.3 Å². The van der Waals surface area contributed by atoms with Crippen molar-refractivity contribution in [3.8, 4) is 11.5 Å². The van der Waals surface area contributed by atoms with E-state index in [9.17, 15) is 14.9 Å². The summed E-state index contributed by atoms with van der Waals surface area (Å²) in [5.41, 5.74) is 0.502. The van der Waals surface area contributed by atoms with Crippen LogP contribution in [0.25, 0.3) is 0 Å². The van der Waals surface area contributed by atoms with Crippen molar-refractivity contribution in [3.05, 3.63) is 63.2 Å². The molecule has 0 aliphatic heterocycles. The number of hydrogen-bond donors (Lipinski definition) is 0. The van der Waals surface area contributed by atoms with Crippen LogP contribution in [0.2, 0.25) is 5.02 Å². The van der Waals surface area contributed by atoms with Crippen LogP contribution in [0.3, 0.4) is 0 Å². The predicted octanol–water partition coefficient (Wildman–Crippen LogP) is 3.40. The molecule has 0 bridgehead atoms. The minimum absolute atomic E-state index is 0.00239. The first-order valence-electron chi connectivity index (χ1n) is 6.27. The SMILES string of the molecule is COc1ccccc1CC(=O)Oc1ccc([N+](=O)[O-])cc1Cl. The summed E-state index contributed by atoms with van der Waals surface area (Å²) in [6.07, 6.45) is -0.00265. The standard InChI is InChI=1S/C15H12ClNO5/c1-21-13-5-3-2-4-10(13)8-15(18)22-14-7-6-11(17(19)20)9-12(14)16/h2-7,9H,8H2,1H3. The van der Waals surface area contributed by atoms with Gasteiger partial charge < -0.3 is 9.47 Å². The Kier molecular flexibility index (Phi) is 4.95. The Morgan fingerprint density at radius 2 is 1.95 bits per heavy atom. The maximum atomic E-state index is 12.0. The number of non-ortho nitro benzene ring substituents is 1. The van der Waals surface area contributed by atoms with Crippen molar-refractivity contribution in [1.29, 1.82) is 0 Å². The summed E-state index contributed by atoms with van der Waals surface area (Å²) < 4.78 is 10.3. The molecule has 0 atom stereocenters. The van der Waals surface area contributed by atoms with E-state index in [1.54, 1.807) is 24.3 Å². The normalized spacial score (nSPS) is 10.1. The summed E-state index contributed by atoms with van der Waals surface area (Å²) in [7, 11) is 1.51. The zero-order valence-electron chi connectivity index (χ0n) is 11.6. The van der Waals surface area contributed by atoms with Crippen molar-refractivity contribution in [1.82, 2.24) is 0 Å². The Hall–Kier alpha value is -2.60. The van der Waals surface area contributed by atoms with Gasteiger partial charge in [-0.25, -0.2) is 0 Å². The smallest absolute Gasteiger partial charge is 0.315 e. The number of esters is 1. The van der Waals surface area contributed by atoms with Gasteiger partial charge in [-0.2, -0.15) is 0 Å². The lowest BCUT2D eigenvalue weighted by Crippen LogP contribution is -2.12. The first-order valence-corrected chi connectivity index (χ1v) is 6.65. The fraction of sp³-hybridized carbons (Fsp3) is 0.133. The highest BCUT2D eigenvalue weighted by atomic mass is 35.5. The number of halogens is 1. The molecule has 0 fully saturated rings. The average Bonchev–Trinajstić information content (AvgIpc) is 2.49. The molecule has 0 radical (unpaired) electrons. The van der Waals surface area contributed by atoms with Gasteiger partial charge in [0.1, 0.15) is 11.5 Å². The molecule has 2 rings (SSSR count). The number of hydrogen-bond acceptors (Lipinski definition) is 5. The Morgan fingerprint density at radius 1 is 1.23 bits per heavy atom. The molecule has 7 heteroatoms. The van der Waals surface area contributed by atoms with Gasteiger partial charge >= 0.3 is 5.97 Å². The monoisotopic (exact) mass is 321 g/mol. The van der Waals surface area contributed by atoms with Crippen LogP contribution in [0.1, 0.15) is 5.56 Å². The lowest BCUT2D eigenvalue weighted by Gasteiger charge is -2.09. The Balaban J connectivity index is 2.11. The number of ether oxygens (including phenoxy) is 2. The average molecular weight is 322 g/mol. The van der Waals surface area contributed by atoms with E-state index in [1.165, 1.54) is 19.2 Å². The number of carbonyl (C=O) groups is 1. The predicted molar refractivity (Wildman–Crippen MR) is 80.4 cm³/mol. The molecule has 0 saturated carbocycles. The second-order valence-electron chi connectivity index (χ2n) is 4.33. The van der Waals surface area contributed by atoms with E-state index in [2.05, 4.69) is 0 Å². The number of rotatable bonds is 5. The van der Waals surface area contributed by atoms with E-state index >= 15 is 0 Å². The third-order valence-corrected chi connectivity index (χ3v) is 3.17. The van der Waals surface area contributed by atoms with E-state index < -0.39 is 10.9 Å². The van der Waals surface area contributed by atoms with Gasteiger partial charge in [0.15, 0.2) is 0 Å². The summed E-state index contributed by atoms with van der Waals surface area (Å²) in [5, 5.41) is 10.6. The van der Waals surface area contributed by atoms with Crippen LogP contribution in [0.4, 0.5) is 5.69 Å². The first kappa shape index (κ1) is 15.8. The minimum Gasteiger partial charge on any atom is -0.496 e. The summed E-state index contributed by atoms with van der Waals surface area (Å²) in [6.45, 7) is 0. The van der Waals surface area contributed by atoms with Crippen molar-refractivity contribution in [2.75, 3.05) is 7.11 Å². The third-order valence-electron chi connectivity index (χ3n) is 2.88. The zero-order chi connectivity index (χ0) is 16.1. The van der Waals surface area contributed by atoms with Crippen LogP contribution in [0.5, 0.6) is 11.5 Å². The van der Waals surface area contributed by atoms with Gasteiger partial charge in [-0.3, -0.25) is 14.9 Å². The van der Waals surface area contributed by atoms with Gasteiger partial charge in [-0.05, 0) is 12.1 Å². The van der Waals surface area contributed by atoms with Crippen molar-refractivity contribution in [2.24, 2.45) is 0 Å². The van der Waals surface area contributed by atoms with E-state index in [0.29, 0.717) is 11.3 Å². The summed E-state index contributed by atoms with van der Waals surface area (Å²) in [5.74, 6) is 0.113. The fourth-order valence-electron chi connectivity index (χ4n) is 1.85. The first-order chi connectivity index (χ1) is 10.5. The van der Waals surface area contributed by atoms with E-state index in [1.807, 2.05) is 0 Å². The van der Waals surface area contributed by atoms with Gasteiger partial charge in [-0.1, -0.05) is 29.8 Å². The number of para-hydroxylation sites is 1. The molecular weight excluding hydrogens is 310 g/mol. The van der Waals surface area contributed by atoms with Crippen molar-refractivity contribution in [3.63, 3.8) is 0 Å². The Labute approximate surface area is 131 Å². The maximum absolute atomic E-state index is 12.0. The van der Waals surface area contributed by atoms with E-state index in [-0.39, 0.29) is 22.9 Å². The minimum atomic E-state index is -0.577. The van der Waals surface area contributed by atoms with Crippen LogP contribution in [0, 0.1) is 10.1 Å². The highest BCUT2D eigenvalue weighted by molar-refractivity contribution is 6.32. The molecule has 22 heavy (non-hydrogen) atoms. The highest BCUT2D eigenvalue weighted by Crippen LogP contribution is 2.29. The van der Waals surface area contributed by atoms with Crippen molar-refractivity contribution < 1.29 is 19.2 Å². The number of nitro groups is 1. The van der Waals surface area contributed by atoms with Gasteiger partial charge in [0.25, 0.3) is 5.69 Å². The van der Waals surface area contributed by atoms with Crippen LogP contribution in [-0.4, -0.2) is 18.0 Å². The molecule has 0 heterocycles. The topological polar surface area (TPSA) is 78.7 Å². The second-order valence-corrected chi connectivity index (χ2v) is 4.74. The third kappa shape index (κ3) is 3.73. The quantitative estimate of drug-likeness (QED) is 0.365. The van der Waals surface area contributed by atoms with Crippen LogP contribution < -0.4 is 9.47 Å². The van der Waals surface area contributed by atoms with E-state index in [0.717, 1.165) is 6.07 Å². The Morgan fingerprint density at radius 3 is 2.59 bits per heavy atom. The second kappa shape index (κ2) is 6.91. The lowest BCUT2D eigenvalue weighted by atomic mass is 10.1. The van der Waals surface area contributed by atoms with Gasteiger partial charge in [0.05, 0.1) is 23.5 Å². The molecule has 0 aliphatic rings. The Bertz CT molecular complexity index is 717. The fourth-order valence-corrected chi connectivity index (χ4v) is 2.06. The van der Waals surface area contributed by atoms with E-state index in [4.69, 9.17) is 21.1 Å². The van der Waals surface area contributed by atoms with Gasteiger partial charge in [0, 0.05) is 17.7 Å². The molecule has 2 aromatic carbocycles. The molecule has 0 saturated heterocycles. The molecule has 0 N–H and O–H groups in total. The molecule has 0 amide bonds. The van der Waals surface area contributed by atoms with Crippen LogP contribution >= 0.6 is 11.6 Å². The molecule has 114 valence electrons. The summed E-state index contributed by atoms with van der Waals surface area (Å²) in [4.78, 5) is 22.0. The zero-order valence-corrected chi connectivity index (χ0v) is 12.4. The molecule has 0 unspecified atom stereocenters. The highest BCUT2D eigenvalue weighted by Gasteiger charge is 2.15. The molecule has 0 aliphatic carbocycles. The number of methoxy groups -OCH3 is 1. The number of carbonyl (C=O) groups excluding carboxylic acids is 1. The summed E-state index contributed by atoms with van der Waals surface area (Å²) >= 11 is 5.87. The van der Waals surface area contributed by atoms with Crippen molar-refractivity contribution in [2.45, 2.75) is 6.42 Å². The van der Waals surface area contributed by atoms with Gasteiger partial charge in [-0.15, -0.1) is 0 Å². The van der Waals surface area contributed by atoms with Crippen LogP contribution in [0.15, 0.2) is 42.5 Å². The molecular formula is C15H12ClNO5.